The molecule has 2 amide bonds. The lowest BCUT2D eigenvalue weighted by atomic mass is 10.0. The van der Waals surface area contributed by atoms with Gasteiger partial charge in [0.2, 0.25) is 6.79 Å². The molecular formula is C26H22N2O6. The highest BCUT2D eigenvalue weighted by Gasteiger charge is 2.42. The molecule has 2 aliphatic rings. The van der Waals surface area contributed by atoms with Gasteiger partial charge in [0.05, 0.1) is 25.0 Å². The fraction of sp³-hybridized carbons (Fsp3) is 0.154. The number of benzene rings is 3. The molecule has 0 radical (unpaired) electrons. The summed E-state index contributed by atoms with van der Waals surface area (Å²) in [5.41, 5.74) is 1.77. The monoisotopic (exact) mass is 458 g/mol. The van der Waals surface area contributed by atoms with Crippen molar-refractivity contribution in [2.45, 2.75) is 6.92 Å². The van der Waals surface area contributed by atoms with Gasteiger partial charge in [-0.25, -0.2) is 4.90 Å². The van der Waals surface area contributed by atoms with Crippen LogP contribution >= 0.6 is 0 Å². The number of para-hydroxylation sites is 3. The lowest BCUT2D eigenvalue weighted by molar-refractivity contribution is -0.120. The van der Waals surface area contributed by atoms with Gasteiger partial charge in [0, 0.05) is 17.3 Å². The Morgan fingerprint density at radius 3 is 2.44 bits per heavy atom. The van der Waals surface area contributed by atoms with E-state index in [0.717, 1.165) is 4.90 Å². The van der Waals surface area contributed by atoms with Crippen molar-refractivity contribution in [1.29, 1.82) is 0 Å². The van der Waals surface area contributed by atoms with Crippen LogP contribution < -0.4 is 29.2 Å². The van der Waals surface area contributed by atoms with Crippen molar-refractivity contribution in [3.05, 3.63) is 78.0 Å². The fourth-order valence-electron chi connectivity index (χ4n) is 4.00. The van der Waals surface area contributed by atoms with Crippen LogP contribution in [-0.2, 0) is 9.59 Å². The van der Waals surface area contributed by atoms with Gasteiger partial charge >= 0.3 is 0 Å². The third kappa shape index (κ3) is 3.59. The maximum absolute atomic E-state index is 13.8. The van der Waals surface area contributed by atoms with Gasteiger partial charge < -0.3 is 24.3 Å². The van der Waals surface area contributed by atoms with E-state index in [-0.39, 0.29) is 18.1 Å². The van der Waals surface area contributed by atoms with Crippen LogP contribution in [0.5, 0.6) is 23.0 Å². The summed E-state index contributed by atoms with van der Waals surface area (Å²) in [5.74, 6) is 1.10. The number of nitrogens with one attached hydrogen (secondary N) is 1. The first-order valence-corrected chi connectivity index (χ1v) is 10.8. The van der Waals surface area contributed by atoms with Crippen LogP contribution in [0.1, 0.15) is 12.5 Å². The number of carbonyl (C=O) groups is 2. The summed E-state index contributed by atoms with van der Waals surface area (Å²) in [6, 6.07) is 19.3. The highest BCUT2D eigenvalue weighted by Crippen LogP contribution is 2.41. The summed E-state index contributed by atoms with van der Waals surface area (Å²) in [6.45, 7) is 2.37. The van der Waals surface area contributed by atoms with Gasteiger partial charge in [-0.15, -0.1) is 0 Å². The van der Waals surface area contributed by atoms with Crippen LogP contribution in [0.2, 0.25) is 0 Å². The number of rotatable bonds is 7. The Kier molecular flexibility index (Phi) is 5.55. The second-order valence-electron chi connectivity index (χ2n) is 7.49. The summed E-state index contributed by atoms with van der Waals surface area (Å²) in [4.78, 5) is 28.6. The summed E-state index contributed by atoms with van der Waals surface area (Å²) < 4.78 is 22.0. The second-order valence-corrected chi connectivity index (χ2v) is 7.49. The largest absolute Gasteiger partial charge is 0.496 e. The number of anilines is 2. The van der Waals surface area contributed by atoms with E-state index in [0.29, 0.717) is 46.5 Å². The lowest BCUT2D eigenvalue weighted by Gasteiger charge is -2.19. The highest BCUT2D eigenvalue weighted by atomic mass is 16.7. The summed E-state index contributed by atoms with van der Waals surface area (Å²) in [7, 11) is 1.52. The van der Waals surface area contributed by atoms with Crippen molar-refractivity contribution in [3.63, 3.8) is 0 Å². The molecule has 0 saturated carbocycles. The van der Waals surface area contributed by atoms with E-state index in [9.17, 15) is 9.59 Å². The number of hydrogen-bond donors (Lipinski definition) is 1. The van der Waals surface area contributed by atoms with Crippen molar-refractivity contribution < 1.29 is 28.5 Å². The number of carbonyl (C=O) groups excluding carboxylic acids is 2. The molecule has 2 heterocycles. The Bertz CT molecular complexity index is 1320. The van der Waals surface area contributed by atoms with E-state index in [1.54, 1.807) is 66.7 Å². The van der Waals surface area contributed by atoms with Crippen molar-refractivity contribution in [2.75, 3.05) is 30.7 Å². The summed E-state index contributed by atoms with van der Waals surface area (Å²) in [6.07, 6.45) is 0. The van der Waals surface area contributed by atoms with Crippen molar-refractivity contribution in [3.8, 4) is 23.0 Å². The zero-order valence-corrected chi connectivity index (χ0v) is 18.7. The quantitative estimate of drug-likeness (QED) is 0.531. The zero-order valence-electron chi connectivity index (χ0n) is 18.7. The SMILES string of the molecule is CCOc1ccccc1N1C(=O)C(Nc2ccc3c(c2)OCO3)=C(c2ccccc2OC)C1=O. The molecule has 34 heavy (non-hydrogen) atoms. The predicted molar refractivity (Wildman–Crippen MR) is 126 cm³/mol. The molecule has 0 aromatic heterocycles. The first kappa shape index (κ1) is 21.4. The minimum absolute atomic E-state index is 0.125. The molecule has 0 fully saturated rings. The number of nitrogens with zero attached hydrogens (tertiary/aromatic N) is 1. The Labute approximate surface area is 196 Å². The van der Waals surface area contributed by atoms with Gasteiger partial charge in [0.1, 0.15) is 17.2 Å². The molecule has 2 aliphatic heterocycles. The van der Waals surface area contributed by atoms with Crippen molar-refractivity contribution in [2.24, 2.45) is 0 Å². The molecule has 8 nitrogen and oxygen atoms in total. The number of methoxy groups -OCH3 is 1. The van der Waals surface area contributed by atoms with Gasteiger partial charge in [-0.2, -0.15) is 0 Å². The van der Waals surface area contributed by atoms with E-state index < -0.39 is 11.8 Å². The van der Waals surface area contributed by atoms with Gasteiger partial charge in [-0.1, -0.05) is 30.3 Å². The standard InChI is InChI=1S/C26H22N2O6/c1-3-32-20-11-7-5-9-18(20)28-25(29)23(17-8-4-6-10-19(17)31-2)24(26(28)30)27-16-12-13-21-22(14-16)34-15-33-21/h4-14,27H,3,15H2,1-2H3. The molecule has 0 saturated heterocycles. The molecule has 0 aliphatic carbocycles. The van der Waals surface area contributed by atoms with Crippen LogP contribution in [0.25, 0.3) is 5.57 Å². The Hall–Kier alpha value is -4.46. The molecule has 3 aromatic rings. The van der Waals surface area contributed by atoms with Crippen LogP contribution in [-0.4, -0.2) is 32.3 Å². The van der Waals surface area contributed by atoms with Gasteiger partial charge in [0.25, 0.3) is 11.8 Å². The molecular weight excluding hydrogens is 436 g/mol. The van der Waals surface area contributed by atoms with E-state index in [4.69, 9.17) is 18.9 Å². The second kappa shape index (κ2) is 8.82. The number of imide groups is 1. The zero-order chi connectivity index (χ0) is 23.7. The first-order valence-electron chi connectivity index (χ1n) is 10.8. The molecule has 8 heteroatoms. The maximum atomic E-state index is 13.8. The number of hydrogen-bond acceptors (Lipinski definition) is 7. The van der Waals surface area contributed by atoms with E-state index in [1.165, 1.54) is 7.11 Å². The maximum Gasteiger partial charge on any atom is 0.282 e. The van der Waals surface area contributed by atoms with Gasteiger partial charge in [-0.3, -0.25) is 9.59 Å². The van der Waals surface area contributed by atoms with Gasteiger partial charge in [-0.05, 0) is 37.3 Å². The third-order valence-electron chi connectivity index (χ3n) is 5.51. The smallest absolute Gasteiger partial charge is 0.282 e. The average Bonchev–Trinajstić information content (AvgIpc) is 3.42. The van der Waals surface area contributed by atoms with E-state index >= 15 is 0 Å². The Morgan fingerprint density at radius 2 is 1.65 bits per heavy atom. The normalized spacial score (nSPS) is 14.6. The van der Waals surface area contributed by atoms with Crippen LogP contribution in [0.15, 0.2) is 72.4 Å². The predicted octanol–water partition coefficient (Wildman–Crippen LogP) is 4.22. The molecule has 3 aromatic carbocycles. The molecule has 0 atom stereocenters. The third-order valence-corrected chi connectivity index (χ3v) is 5.51. The van der Waals surface area contributed by atoms with Crippen LogP contribution in [0.3, 0.4) is 0 Å². The number of amides is 2. The fourth-order valence-corrected chi connectivity index (χ4v) is 4.00. The topological polar surface area (TPSA) is 86.3 Å². The minimum atomic E-state index is -0.504. The highest BCUT2D eigenvalue weighted by molar-refractivity contribution is 6.46. The number of fused-ring (bicyclic) bond motifs is 1. The molecule has 1 N–H and O–H groups in total. The molecule has 172 valence electrons. The van der Waals surface area contributed by atoms with Gasteiger partial charge in [0.15, 0.2) is 11.5 Å². The average molecular weight is 458 g/mol. The first-order chi connectivity index (χ1) is 16.6. The summed E-state index contributed by atoms with van der Waals surface area (Å²) in [5, 5.41) is 3.14. The molecule has 0 unspecified atom stereocenters. The summed E-state index contributed by atoms with van der Waals surface area (Å²) >= 11 is 0. The number of ether oxygens (including phenoxy) is 4. The Balaban J connectivity index is 1.63. The molecule has 5 rings (SSSR count). The van der Waals surface area contributed by atoms with E-state index in [2.05, 4.69) is 5.32 Å². The minimum Gasteiger partial charge on any atom is -0.496 e. The lowest BCUT2D eigenvalue weighted by Crippen LogP contribution is -2.32. The van der Waals surface area contributed by atoms with E-state index in [1.807, 2.05) is 6.92 Å². The van der Waals surface area contributed by atoms with Crippen LogP contribution in [0, 0.1) is 0 Å². The molecule has 0 spiro atoms. The van der Waals surface area contributed by atoms with Crippen LogP contribution in [0.4, 0.5) is 11.4 Å². The molecule has 0 bridgehead atoms. The van der Waals surface area contributed by atoms with Crippen molar-refractivity contribution in [1.82, 2.24) is 0 Å². The Morgan fingerprint density at radius 1 is 0.912 bits per heavy atom. The van der Waals surface area contributed by atoms with Crippen molar-refractivity contribution >= 4 is 28.8 Å².